The van der Waals surface area contributed by atoms with E-state index >= 15 is 0 Å². The van der Waals surface area contributed by atoms with Crippen LogP contribution in [0.5, 0.6) is 5.75 Å². The molecule has 8 heteroatoms. The van der Waals surface area contributed by atoms with Crippen LogP contribution in [-0.2, 0) is 11.3 Å². The number of rotatable bonds is 7. The Morgan fingerprint density at radius 1 is 1.27 bits per heavy atom. The van der Waals surface area contributed by atoms with Crippen molar-refractivity contribution in [3.63, 3.8) is 0 Å². The molecule has 0 saturated heterocycles. The second kappa shape index (κ2) is 8.45. The first kappa shape index (κ1) is 20.4. The number of carbonyl (C=O) groups is 1. The molecule has 0 aliphatic carbocycles. The summed E-state index contributed by atoms with van der Waals surface area (Å²) in [6.07, 6.45) is 5.56. The molecule has 0 atom stereocenters. The molecule has 1 N–H and O–H groups in total. The molecule has 0 aliphatic rings. The standard InChI is InChI=1S/C22H20ClN3O3S/c1-13(2)29-18-4-3-14(11-17(18)23)22-25-12-19(30-22)15-5-8-24-21-16(15)6-9-26(21)10-7-20(27)28/h3-6,8-9,11-13H,7,10H2,1-2H3,(H,27,28). The number of hydrogen-bond acceptors (Lipinski definition) is 5. The number of hydrogen-bond donors (Lipinski definition) is 1. The first-order chi connectivity index (χ1) is 14.4. The number of aromatic nitrogens is 3. The summed E-state index contributed by atoms with van der Waals surface area (Å²) in [7, 11) is 0. The SMILES string of the molecule is CC(C)Oc1ccc(-c2ncc(-c3ccnc4c3ccn4CCC(=O)O)s2)cc1Cl. The van der Waals surface area contributed by atoms with Crippen molar-refractivity contribution >= 4 is 39.9 Å². The van der Waals surface area contributed by atoms with Crippen LogP contribution < -0.4 is 4.74 Å². The number of carboxylic acid groups (broad SMARTS) is 1. The van der Waals surface area contributed by atoms with Crippen molar-refractivity contribution in [1.82, 2.24) is 14.5 Å². The zero-order chi connectivity index (χ0) is 21.3. The molecule has 0 spiro atoms. The van der Waals surface area contributed by atoms with E-state index in [-0.39, 0.29) is 12.5 Å². The first-order valence-corrected chi connectivity index (χ1v) is 10.7. The van der Waals surface area contributed by atoms with Crippen molar-refractivity contribution in [2.24, 2.45) is 0 Å². The molecule has 0 saturated carbocycles. The number of nitrogens with zero attached hydrogens (tertiary/aromatic N) is 3. The molecule has 3 aromatic heterocycles. The summed E-state index contributed by atoms with van der Waals surface area (Å²) in [6.45, 7) is 4.30. The maximum Gasteiger partial charge on any atom is 0.305 e. The minimum atomic E-state index is -0.830. The quantitative estimate of drug-likeness (QED) is 0.395. The van der Waals surface area contributed by atoms with Crippen LogP contribution in [0.4, 0.5) is 0 Å². The normalized spacial score (nSPS) is 11.3. The van der Waals surface area contributed by atoms with Crippen LogP contribution in [0.3, 0.4) is 0 Å². The molecule has 4 rings (SSSR count). The zero-order valence-corrected chi connectivity index (χ0v) is 18.1. The van der Waals surface area contributed by atoms with Crippen LogP contribution in [0.1, 0.15) is 20.3 Å². The second-order valence-corrected chi connectivity index (χ2v) is 8.53. The monoisotopic (exact) mass is 441 g/mol. The molecule has 0 unspecified atom stereocenters. The van der Waals surface area contributed by atoms with Crippen molar-refractivity contribution in [1.29, 1.82) is 0 Å². The summed E-state index contributed by atoms with van der Waals surface area (Å²) in [6, 6.07) is 9.61. The highest BCUT2D eigenvalue weighted by atomic mass is 35.5. The van der Waals surface area contributed by atoms with E-state index in [1.165, 1.54) is 0 Å². The summed E-state index contributed by atoms with van der Waals surface area (Å²) >= 11 is 7.95. The van der Waals surface area contributed by atoms with Crippen LogP contribution in [0, 0.1) is 0 Å². The average molecular weight is 442 g/mol. The summed E-state index contributed by atoms with van der Waals surface area (Å²) in [5.74, 6) is -0.172. The maximum atomic E-state index is 10.9. The number of aliphatic carboxylic acids is 1. The van der Waals surface area contributed by atoms with Crippen LogP contribution in [-0.4, -0.2) is 31.7 Å². The van der Waals surface area contributed by atoms with Gasteiger partial charge in [-0.25, -0.2) is 9.97 Å². The van der Waals surface area contributed by atoms with Crippen molar-refractivity contribution in [2.45, 2.75) is 32.9 Å². The molecule has 0 aliphatic heterocycles. The van der Waals surface area contributed by atoms with E-state index in [9.17, 15) is 4.79 Å². The van der Waals surface area contributed by atoms with E-state index in [1.807, 2.05) is 61.1 Å². The topological polar surface area (TPSA) is 77.2 Å². The van der Waals surface area contributed by atoms with Crippen molar-refractivity contribution in [2.75, 3.05) is 0 Å². The fraction of sp³-hybridized carbons (Fsp3) is 0.227. The van der Waals surface area contributed by atoms with Gasteiger partial charge < -0.3 is 14.4 Å². The number of fused-ring (bicyclic) bond motifs is 1. The fourth-order valence-electron chi connectivity index (χ4n) is 3.22. The van der Waals surface area contributed by atoms with Crippen LogP contribution >= 0.6 is 22.9 Å². The number of carboxylic acids is 1. The van der Waals surface area contributed by atoms with E-state index in [2.05, 4.69) is 9.97 Å². The molecule has 154 valence electrons. The van der Waals surface area contributed by atoms with Gasteiger partial charge >= 0.3 is 5.97 Å². The van der Waals surface area contributed by atoms with Crippen molar-refractivity contribution in [3.05, 3.63) is 53.9 Å². The second-order valence-electron chi connectivity index (χ2n) is 7.09. The van der Waals surface area contributed by atoms with E-state index in [0.717, 1.165) is 32.0 Å². The Morgan fingerprint density at radius 2 is 2.10 bits per heavy atom. The predicted octanol–water partition coefficient (Wildman–Crippen LogP) is 5.74. The number of benzene rings is 1. The number of pyridine rings is 1. The lowest BCUT2D eigenvalue weighted by Gasteiger charge is -2.11. The number of halogens is 1. The number of aryl methyl sites for hydroxylation is 1. The third-order valence-corrected chi connectivity index (χ3v) is 5.92. The third kappa shape index (κ3) is 4.17. The molecule has 0 amide bonds. The predicted molar refractivity (Wildman–Crippen MR) is 119 cm³/mol. The lowest BCUT2D eigenvalue weighted by molar-refractivity contribution is -0.137. The minimum Gasteiger partial charge on any atom is -0.489 e. The van der Waals surface area contributed by atoms with Gasteiger partial charge in [-0.1, -0.05) is 11.6 Å². The Hall–Kier alpha value is -2.90. The summed E-state index contributed by atoms with van der Waals surface area (Å²) < 4.78 is 7.56. The molecule has 4 aromatic rings. The van der Waals surface area contributed by atoms with Gasteiger partial charge in [-0.05, 0) is 44.2 Å². The lowest BCUT2D eigenvalue weighted by Crippen LogP contribution is -2.05. The molecule has 1 aromatic carbocycles. The number of ether oxygens (including phenoxy) is 1. The number of thiazole rings is 1. The highest BCUT2D eigenvalue weighted by Gasteiger charge is 2.14. The van der Waals surface area contributed by atoms with Gasteiger partial charge in [0.15, 0.2) is 0 Å². The van der Waals surface area contributed by atoms with Gasteiger partial charge in [0.1, 0.15) is 16.4 Å². The Labute approximate surface area is 182 Å². The molecule has 3 heterocycles. The Morgan fingerprint density at radius 3 is 2.83 bits per heavy atom. The smallest absolute Gasteiger partial charge is 0.305 e. The fourth-order valence-corrected chi connectivity index (χ4v) is 4.39. The van der Waals surface area contributed by atoms with Gasteiger partial charge in [0, 0.05) is 41.6 Å². The molecule has 0 radical (unpaired) electrons. The maximum absolute atomic E-state index is 10.9. The Bertz CT molecular complexity index is 1220. The summed E-state index contributed by atoms with van der Waals surface area (Å²) in [4.78, 5) is 20.9. The van der Waals surface area contributed by atoms with Crippen LogP contribution in [0.15, 0.2) is 48.9 Å². The van der Waals surface area contributed by atoms with Crippen molar-refractivity contribution in [3.8, 4) is 26.8 Å². The van der Waals surface area contributed by atoms with Crippen molar-refractivity contribution < 1.29 is 14.6 Å². The first-order valence-electron chi connectivity index (χ1n) is 9.51. The highest BCUT2D eigenvalue weighted by molar-refractivity contribution is 7.18. The summed E-state index contributed by atoms with van der Waals surface area (Å²) in [5.41, 5.74) is 2.71. The molecule has 0 bridgehead atoms. The molecular formula is C22H20ClN3O3S. The van der Waals surface area contributed by atoms with Gasteiger partial charge in [-0.2, -0.15) is 0 Å². The molecular weight excluding hydrogens is 422 g/mol. The average Bonchev–Trinajstić information content (AvgIpc) is 3.34. The largest absolute Gasteiger partial charge is 0.489 e. The van der Waals surface area contributed by atoms with Gasteiger partial charge in [0.25, 0.3) is 0 Å². The molecule has 30 heavy (non-hydrogen) atoms. The Kier molecular flexibility index (Phi) is 5.74. The molecule has 0 fully saturated rings. The lowest BCUT2D eigenvalue weighted by atomic mass is 10.1. The van der Waals surface area contributed by atoms with Crippen LogP contribution in [0.2, 0.25) is 5.02 Å². The van der Waals surface area contributed by atoms with Gasteiger partial charge in [-0.3, -0.25) is 4.79 Å². The highest BCUT2D eigenvalue weighted by Crippen LogP contribution is 2.37. The van der Waals surface area contributed by atoms with Gasteiger partial charge in [0.2, 0.25) is 0 Å². The van der Waals surface area contributed by atoms with E-state index < -0.39 is 5.97 Å². The van der Waals surface area contributed by atoms with Gasteiger partial charge in [-0.15, -0.1) is 11.3 Å². The van der Waals surface area contributed by atoms with E-state index in [4.69, 9.17) is 21.4 Å². The third-order valence-electron chi connectivity index (χ3n) is 4.54. The Balaban J connectivity index is 1.65. The van der Waals surface area contributed by atoms with Crippen LogP contribution in [0.25, 0.3) is 32.0 Å². The van der Waals surface area contributed by atoms with E-state index in [1.54, 1.807) is 17.5 Å². The minimum absolute atomic E-state index is 0.0525. The zero-order valence-electron chi connectivity index (χ0n) is 16.5. The summed E-state index contributed by atoms with van der Waals surface area (Å²) in [5, 5.41) is 11.3. The van der Waals surface area contributed by atoms with Gasteiger partial charge in [0.05, 0.1) is 22.4 Å². The van der Waals surface area contributed by atoms with E-state index in [0.29, 0.717) is 17.3 Å². The molecule has 6 nitrogen and oxygen atoms in total.